The monoisotopic (exact) mass is 346 g/mol. The zero-order valence-electron chi connectivity index (χ0n) is 15.5. The van der Waals surface area contributed by atoms with Crippen LogP contribution in [0, 0.1) is 6.92 Å². The van der Waals surface area contributed by atoms with Crippen molar-refractivity contribution in [3.8, 4) is 5.75 Å². The van der Waals surface area contributed by atoms with Gasteiger partial charge in [0, 0.05) is 12.0 Å². The van der Waals surface area contributed by atoms with E-state index in [0.29, 0.717) is 0 Å². The summed E-state index contributed by atoms with van der Waals surface area (Å²) in [6, 6.07) is 27.6. The maximum Gasteiger partial charge on any atom is 0.118 e. The molecule has 0 aliphatic heterocycles. The number of aliphatic hydroxyl groups excluding tert-OH is 1. The molecule has 2 nitrogen and oxygen atoms in total. The van der Waals surface area contributed by atoms with Gasteiger partial charge in [-0.25, -0.2) is 0 Å². The van der Waals surface area contributed by atoms with Gasteiger partial charge >= 0.3 is 0 Å². The van der Waals surface area contributed by atoms with Crippen LogP contribution in [0.15, 0.2) is 78.9 Å². The van der Waals surface area contributed by atoms with Crippen LogP contribution in [0.1, 0.15) is 35.1 Å². The minimum Gasteiger partial charge on any atom is -0.497 e. The van der Waals surface area contributed by atoms with Crippen molar-refractivity contribution in [2.24, 2.45) is 0 Å². The Morgan fingerprint density at radius 3 is 1.85 bits per heavy atom. The Balaban J connectivity index is 2.24. The third-order valence-corrected chi connectivity index (χ3v) is 5.10. The second-order valence-electron chi connectivity index (χ2n) is 6.69. The number of ether oxygens (including phenoxy) is 1. The van der Waals surface area contributed by atoms with E-state index in [1.54, 1.807) is 7.11 Å². The van der Waals surface area contributed by atoms with Gasteiger partial charge < -0.3 is 9.84 Å². The van der Waals surface area contributed by atoms with Crippen LogP contribution in [0.5, 0.6) is 5.75 Å². The molecule has 134 valence electrons. The molecule has 2 heteroatoms. The first kappa shape index (κ1) is 18.2. The summed E-state index contributed by atoms with van der Waals surface area (Å²) in [7, 11) is 1.69. The van der Waals surface area contributed by atoms with E-state index in [-0.39, 0.29) is 12.0 Å². The van der Waals surface area contributed by atoms with E-state index in [0.717, 1.165) is 18.6 Å². The fraction of sp³-hybridized carbons (Fsp3) is 0.250. The highest BCUT2D eigenvalue weighted by atomic mass is 16.5. The molecule has 3 aromatic rings. The van der Waals surface area contributed by atoms with Gasteiger partial charge in [0.1, 0.15) is 5.75 Å². The van der Waals surface area contributed by atoms with Crippen LogP contribution in [0.4, 0.5) is 0 Å². The summed E-state index contributed by atoms with van der Waals surface area (Å²) in [5.74, 6) is 0.849. The third kappa shape index (κ3) is 3.51. The first-order valence-electron chi connectivity index (χ1n) is 9.09. The van der Waals surface area contributed by atoms with Crippen molar-refractivity contribution in [2.75, 3.05) is 13.7 Å². The molecule has 26 heavy (non-hydrogen) atoms. The topological polar surface area (TPSA) is 29.5 Å². The minimum atomic E-state index is -0.302. The molecule has 1 N–H and O–H groups in total. The van der Waals surface area contributed by atoms with E-state index in [2.05, 4.69) is 67.6 Å². The van der Waals surface area contributed by atoms with E-state index in [1.807, 2.05) is 18.2 Å². The maximum atomic E-state index is 9.58. The van der Waals surface area contributed by atoms with Gasteiger partial charge in [0.05, 0.1) is 7.11 Å². The zero-order valence-corrected chi connectivity index (χ0v) is 15.5. The number of aryl methyl sites for hydroxylation is 1. The quantitative estimate of drug-likeness (QED) is 0.602. The Hall–Kier alpha value is -2.58. The number of benzene rings is 3. The molecule has 0 bridgehead atoms. The number of aliphatic hydroxyl groups is 1. The predicted octanol–water partition coefficient (Wildman–Crippen LogP) is 5.11. The molecule has 0 aliphatic rings. The molecule has 0 fully saturated rings. The summed E-state index contributed by atoms with van der Waals surface area (Å²) < 4.78 is 5.35. The molecular weight excluding hydrogens is 320 g/mol. The zero-order chi connectivity index (χ0) is 18.4. The summed E-state index contributed by atoms with van der Waals surface area (Å²) in [5, 5.41) is 9.58. The van der Waals surface area contributed by atoms with Gasteiger partial charge in [0.25, 0.3) is 0 Å². The molecule has 3 aromatic carbocycles. The lowest BCUT2D eigenvalue weighted by Crippen LogP contribution is -2.30. The van der Waals surface area contributed by atoms with Gasteiger partial charge in [0.2, 0.25) is 0 Å². The van der Waals surface area contributed by atoms with Gasteiger partial charge in [-0.05, 0) is 48.6 Å². The van der Waals surface area contributed by atoms with Crippen molar-refractivity contribution in [3.05, 3.63) is 101 Å². The van der Waals surface area contributed by atoms with Crippen molar-refractivity contribution < 1.29 is 9.84 Å². The van der Waals surface area contributed by atoms with Crippen molar-refractivity contribution >= 4 is 0 Å². The number of rotatable bonds is 7. The predicted molar refractivity (Wildman–Crippen MR) is 107 cm³/mol. The molecule has 0 radical (unpaired) electrons. The molecule has 1 unspecified atom stereocenters. The molecule has 0 saturated heterocycles. The molecule has 0 saturated carbocycles. The third-order valence-electron chi connectivity index (χ3n) is 5.10. The summed E-state index contributed by atoms with van der Waals surface area (Å²) >= 11 is 0. The summed E-state index contributed by atoms with van der Waals surface area (Å²) in [4.78, 5) is 0. The van der Waals surface area contributed by atoms with Crippen LogP contribution < -0.4 is 4.74 Å². The van der Waals surface area contributed by atoms with Crippen LogP contribution in [0.25, 0.3) is 0 Å². The fourth-order valence-electron chi connectivity index (χ4n) is 3.71. The van der Waals surface area contributed by atoms with E-state index in [4.69, 9.17) is 4.74 Å². The standard InChI is InChI=1S/C24H26O2/c1-19-9-11-21(12-10-19)24(17-6-18-25,20-7-4-3-5-8-20)22-13-15-23(26-2)16-14-22/h3-5,7-16,25H,6,17-18H2,1-2H3. The van der Waals surface area contributed by atoms with Gasteiger partial charge in [-0.3, -0.25) is 0 Å². The number of methoxy groups -OCH3 is 1. The smallest absolute Gasteiger partial charge is 0.118 e. The highest BCUT2D eigenvalue weighted by Gasteiger charge is 2.35. The lowest BCUT2D eigenvalue weighted by Gasteiger charge is -2.36. The largest absolute Gasteiger partial charge is 0.497 e. The van der Waals surface area contributed by atoms with Crippen molar-refractivity contribution in [3.63, 3.8) is 0 Å². The maximum absolute atomic E-state index is 9.58. The van der Waals surface area contributed by atoms with Gasteiger partial charge in [-0.15, -0.1) is 0 Å². The van der Waals surface area contributed by atoms with Crippen LogP contribution in [-0.4, -0.2) is 18.8 Å². The average molecular weight is 346 g/mol. The summed E-state index contributed by atoms with van der Waals surface area (Å²) in [6.07, 6.45) is 1.57. The Kier molecular flexibility index (Phi) is 5.75. The van der Waals surface area contributed by atoms with E-state index >= 15 is 0 Å². The highest BCUT2D eigenvalue weighted by Crippen LogP contribution is 2.43. The Morgan fingerprint density at radius 1 is 0.769 bits per heavy atom. The molecule has 1 atom stereocenters. The first-order chi connectivity index (χ1) is 12.7. The number of hydrogen-bond donors (Lipinski definition) is 1. The van der Waals surface area contributed by atoms with Gasteiger partial charge in [-0.2, -0.15) is 0 Å². The van der Waals surface area contributed by atoms with Crippen LogP contribution in [0.3, 0.4) is 0 Å². The second-order valence-corrected chi connectivity index (χ2v) is 6.69. The molecule has 0 amide bonds. The molecular formula is C24H26O2. The lowest BCUT2D eigenvalue weighted by atomic mass is 9.66. The molecule has 0 aromatic heterocycles. The number of hydrogen-bond acceptors (Lipinski definition) is 2. The average Bonchev–Trinajstić information content (AvgIpc) is 2.71. The first-order valence-corrected chi connectivity index (χ1v) is 9.09. The van der Waals surface area contributed by atoms with Crippen LogP contribution in [-0.2, 0) is 5.41 Å². The Bertz CT molecular complexity index is 807. The minimum absolute atomic E-state index is 0.177. The normalized spacial score (nSPS) is 13.2. The van der Waals surface area contributed by atoms with Crippen LogP contribution >= 0.6 is 0 Å². The SMILES string of the molecule is COc1ccc(C(CCCO)(c2ccccc2)c2ccc(C)cc2)cc1. The van der Waals surface area contributed by atoms with Gasteiger partial charge in [-0.1, -0.05) is 72.3 Å². The van der Waals surface area contributed by atoms with Gasteiger partial charge in [0.15, 0.2) is 0 Å². The highest BCUT2D eigenvalue weighted by molar-refractivity contribution is 5.51. The molecule has 0 spiro atoms. The second kappa shape index (κ2) is 8.20. The molecule has 0 aliphatic carbocycles. The lowest BCUT2D eigenvalue weighted by molar-refractivity contribution is 0.275. The molecule has 0 heterocycles. The van der Waals surface area contributed by atoms with Crippen molar-refractivity contribution in [1.29, 1.82) is 0 Å². The molecule has 3 rings (SSSR count). The fourth-order valence-corrected chi connectivity index (χ4v) is 3.71. The van der Waals surface area contributed by atoms with Crippen LogP contribution in [0.2, 0.25) is 0 Å². The van der Waals surface area contributed by atoms with Crippen molar-refractivity contribution in [2.45, 2.75) is 25.2 Å². The van der Waals surface area contributed by atoms with Crippen molar-refractivity contribution in [1.82, 2.24) is 0 Å². The Morgan fingerprint density at radius 2 is 1.31 bits per heavy atom. The Labute approximate surface area is 156 Å². The summed E-state index contributed by atoms with van der Waals surface area (Å²) in [6.45, 7) is 2.28. The van der Waals surface area contributed by atoms with E-state index in [1.165, 1.54) is 22.3 Å². The van der Waals surface area contributed by atoms with E-state index in [9.17, 15) is 5.11 Å². The summed E-state index contributed by atoms with van der Waals surface area (Å²) in [5.41, 5.74) is 4.63. The van der Waals surface area contributed by atoms with E-state index < -0.39 is 0 Å².